The first-order valence-electron chi connectivity index (χ1n) is 6.87. The molecular weight excluding hydrogens is 346 g/mol. The molecule has 1 unspecified atom stereocenters. The molecule has 0 aliphatic rings. The average Bonchev–Trinajstić information content (AvgIpc) is 3.04. The number of hydrogen-bond donors (Lipinski definition) is 0. The fourth-order valence-electron chi connectivity index (χ4n) is 2.00. The van der Waals surface area contributed by atoms with Crippen molar-refractivity contribution < 1.29 is 8.95 Å². The molecule has 0 N–H and O–H groups in total. The standard InChI is InChI=1S/C17H15NO2S3/c1-21-14-7-3-12(4-8-14)16-11-22-17(18-16)20-13-5-9-15(10-6-13)23(2)19/h3-11H,1-2H3. The van der Waals surface area contributed by atoms with Gasteiger partial charge in [0.15, 0.2) is 0 Å². The van der Waals surface area contributed by atoms with E-state index in [-0.39, 0.29) is 0 Å². The van der Waals surface area contributed by atoms with E-state index in [1.807, 2.05) is 17.5 Å². The molecule has 3 rings (SSSR count). The van der Waals surface area contributed by atoms with Crippen LogP contribution in [-0.2, 0) is 10.8 Å². The van der Waals surface area contributed by atoms with E-state index >= 15 is 0 Å². The Hall–Kier alpha value is -1.63. The molecule has 0 spiro atoms. The highest BCUT2D eigenvalue weighted by atomic mass is 32.2. The maximum absolute atomic E-state index is 11.4. The number of thiazole rings is 1. The molecule has 1 heterocycles. The molecule has 0 saturated carbocycles. The van der Waals surface area contributed by atoms with Gasteiger partial charge in [0.05, 0.1) is 5.69 Å². The van der Waals surface area contributed by atoms with Crippen molar-refractivity contribution in [2.45, 2.75) is 9.79 Å². The fraction of sp³-hybridized carbons (Fsp3) is 0.118. The normalized spacial score (nSPS) is 12.1. The fourth-order valence-corrected chi connectivity index (χ4v) is 3.62. The van der Waals surface area contributed by atoms with Crippen molar-refractivity contribution in [1.82, 2.24) is 4.98 Å². The molecule has 23 heavy (non-hydrogen) atoms. The van der Waals surface area contributed by atoms with E-state index in [1.54, 1.807) is 30.2 Å². The van der Waals surface area contributed by atoms with Crippen molar-refractivity contribution in [3.63, 3.8) is 0 Å². The highest BCUT2D eigenvalue weighted by molar-refractivity contribution is 7.98. The minimum Gasteiger partial charge on any atom is -0.431 e. The van der Waals surface area contributed by atoms with Gasteiger partial charge in [-0.1, -0.05) is 23.5 Å². The molecule has 0 saturated heterocycles. The molecule has 0 fully saturated rings. The number of aromatic nitrogens is 1. The maximum atomic E-state index is 11.4. The first-order chi connectivity index (χ1) is 11.2. The Morgan fingerprint density at radius 2 is 1.78 bits per heavy atom. The largest absolute Gasteiger partial charge is 0.431 e. The second-order valence-electron chi connectivity index (χ2n) is 4.75. The number of ether oxygens (including phenoxy) is 1. The van der Waals surface area contributed by atoms with E-state index in [0.717, 1.165) is 16.2 Å². The van der Waals surface area contributed by atoms with Crippen LogP contribution >= 0.6 is 23.1 Å². The predicted octanol–water partition coefficient (Wildman–Crippen LogP) is 5.06. The van der Waals surface area contributed by atoms with Crippen LogP contribution < -0.4 is 4.74 Å². The van der Waals surface area contributed by atoms with Gasteiger partial charge in [-0.25, -0.2) is 4.98 Å². The molecule has 2 aromatic carbocycles. The molecule has 0 aliphatic heterocycles. The van der Waals surface area contributed by atoms with Crippen LogP contribution in [0.25, 0.3) is 11.3 Å². The minimum absolute atomic E-state index is 0.597. The third-order valence-electron chi connectivity index (χ3n) is 3.23. The van der Waals surface area contributed by atoms with Gasteiger partial charge in [0.2, 0.25) is 0 Å². The van der Waals surface area contributed by atoms with Crippen molar-refractivity contribution in [2.75, 3.05) is 12.5 Å². The highest BCUT2D eigenvalue weighted by Crippen LogP contribution is 2.31. The van der Waals surface area contributed by atoms with Crippen LogP contribution in [0.15, 0.2) is 63.7 Å². The van der Waals surface area contributed by atoms with Gasteiger partial charge in [0, 0.05) is 37.8 Å². The Kier molecular flexibility index (Phi) is 5.15. The summed E-state index contributed by atoms with van der Waals surface area (Å²) in [5.41, 5.74) is 1.98. The van der Waals surface area contributed by atoms with Crippen molar-refractivity contribution in [3.05, 3.63) is 53.9 Å². The van der Waals surface area contributed by atoms with E-state index in [4.69, 9.17) is 4.74 Å². The summed E-state index contributed by atoms with van der Waals surface area (Å²) in [5.74, 6) is 0.692. The highest BCUT2D eigenvalue weighted by Gasteiger charge is 2.07. The van der Waals surface area contributed by atoms with E-state index in [0.29, 0.717) is 10.9 Å². The lowest BCUT2D eigenvalue weighted by atomic mass is 10.2. The van der Waals surface area contributed by atoms with Gasteiger partial charge in [0.1, 0.15) is 5.75 Å². The molecule has 0 bridgehead atoms. The van der Waals surface area contributed by atoms with Crippen LogP contribution in [0.1, 0.15) is 0 Å². The number of rotatable bonds is 5. The van der Waals surface area contributed by atoms with Gasteiger partial charge in [-0.15, -0.1) is 11.8 Å². The molecular formula is C17H15NO2S3. The maximum Gasteiger partial charge on any atom is 0.279 e. The third-order valence-corrected chi connectivity index (χ3v) is 5.63. The van der Waals surface area contributed by atoms with Gasteiger partial charge in [0.25, 0.3) is 5.19 Å². The van der Waals surface area contributed by atoms with E-state index in [1.165, 1.54) is 16.2 Å². The van der Waals surface area contributed by atoms with Crippen molar-refractivity contribution in [2.24, 2.45) is 0 Å². The summed E-state index contributed by atoms with van der Waals surface area (Å²) >= 11 is 3.18. The van der Waals surface area contributed by atoms with Gasteiger partial charge in [-0.3, -0.25) is 4.21 Å². The zero-order chi connectivity index (χ0) is 16.2. The summed E-state index contributed by atoms with van der Waals surface area (Å²) in [5, 5.41) is 2.58. The third kappa shape index (κ3) is 4.02. The van der Waals surface area contributed by atoms with Crippen LogP contribution in [0.5, 0.6) is 10.9 Å². The second kappa shape index (κ2) is 7.29. The van der Waals surface area contributed by atoms with Crippen LogP contribution in [-0.4, -0.2) is 21.7 Å². The molecule has 0 radical (unpaired) electrons. The van der Waals surface area contributed by atoms with Crippen molar-refractivity contribution in [1.29, 1.82) is 0 Å². The van der Waals surface area contributed by atoms with E-state index in [9.17, 15) is 4.21 Å². The number of nitrogens with zero attached hydrogens (tertiary/aromatic N) is 1. The number of benzene rings is 2. The smallest absolute Gasteiger partial charge is 0.279 e. The Labute approximate surface area is 146 Å². The van der Waals surface area contributed by atoms with Crippen LogP contribution in [0.4, 0.5) is 0 Å². The van der Waals surface area contributed by atoms with Gasteiger partial charge in [-0.2, -0.15) is 0 Å². The van der Waals surface area contributed by atoms with Crippen molar-refractivity contribution >= 4 is 33.9 Å². The molecule has 6 heteroatoms. The van der Waals surface area contributed by atoms with Crippen molar-refractivity contribution in [3.8, 4) is 22.2 Å². The minimum atomic E-state index is -0.978. The van der Waals surface area contributed by atoms with Gasteiger partial charge in [-0.05, 0) is 42.7 Å². The van der Waals surface area contributed by atoms with E-state index < -0.39 is 10.8 Å². The first-order valence-corrected chi connectivity index (χ1v) is 10.5. The SMILES string of the molecule is CSc1ccc(-c2csc(Oc3ccc(S(C)=O)cc3)n2)cc1. The summed E-state index contributed by atoms with van der Waals surface area (Å²) in [6.07, 6.45) is 3.72. The molecule has 1 atom stereocenters. The summed E-state index contributed by atoms with van der Waals surface area (Å²) in [6.45, 7) is 0. The monoisotopic (exact) mass is 361 g/mol. The number of thioether (sulfide) groups is 1. The summed E-state index contributed by atoms with van der Waals surface area (Å²) in [7, 11) is -0.978. The lowest BCUT2D eigenvalue weighted by Crippen LogP contribution is -1.88. The Morgan fingerprint density at radius 3 is 2.39 bits per heavy atom. The Balaban J connectivity index is 1.74. The molecule has 3 nitrogen and oxygen atoms in total. The lowest BCUT2D eigenvalue weighted by molar-refractivity contribution is 0.479. The second-order valence-corrected chi connectivity index (χ2v) is 7.83. The summed E-state index contributed by atoms with van der Waals surface area (Å²) in [4.78, 5) is 6.53. The summed E-state index contributed by atoms with van der Waals surface area (Å²) in [6, 6.07) is 15.5. The topological polar surface area (TPSA) is 39.2 Å². The van der Waals surface area contributed by atoms with Crippen LogP contribution in [0.3, 0.4) is 0 Å². The quantitative estimate of drug-likeness (QED) is 0.595. The first kappa shape index (κ1) is 16.2. The molecule has 118 valence electrons. The molecule has 0 amide bonds. The zero-order valence-electron chi connectivity index (χ0n) is 12.7. The average molecular weight is 362 g/mol. The van der Waals surface area contributed by atoms with Gasteiger partial charge >= 0.3 is 0 Å². The van der Waals surface area contributed by atoms with E-state index in [2.05, 4.69) is 35.5 Å². The predicted molar refractivity (Wildman–Crippen MR) is 98.2 cm³/mol. The Morgan fingerprint density at radius 1 is 1.09 bits per heavy atom. The van der Waals surface area contributed by atoms with Crippen LogP contribution in [0.2, 0.25) is 0 Å². The van der Waals surface area contributed by atoms with Gasteiger partial charge < -0.3 is 4.74 Å². The lowest BCUT2D eigenvalue weighted by Gasteiger charge is -2.02. The number of hydrogen-bond acceptors (Lipinski definition) is 5. The van der Waals surface area contributed by atoms with Crippen LogP contribution in [0, 0.1) is 0 Å². The molecule has 3 aromatic rings. The molecule has 1 aromatic heterocycles. The zero-order valence-corrected chi connectivity index (χ0v) is 15.1. The summed E-state index contributed by atoms with van der Waals surface area (Å²) < 4.78 is 17.1. The Bertz CT molecular complexity index is 811. The molecule has 0 aliphatic carbocycles.